The van der Waals surface area contributed by atoms with E-state index in [2.05, 4.69) is 20.8 Å². The molecule has 122 valence electrons. The first-order valence-electron chi connectivity index (χ1n) is 7.25. The smallest absolute Gasteiger partial charge is 0.345 e. The molecule has 0 saturated carbocycles. The van der Waals surface area contributed by atoms with Gasteiger partial charge in [0.2, 0.25) is 0 Å². The minimum atomic E-state index is -0.899. The highest BCUT2D eigenvalue weighted by molar-refractivity contribution is 5.69. The molecule has 24 heavy (non-hydrogen) atoms. The predicted octanol–water partition coefficient (Wildman–Crippen LogP) is 1.63. The van der Waals surface area contributed by atoms with Crippen molar-refractivity contribution in [1.29, 1.82) is 0 Å². The van der Waals surface area contributed by atoms with Gasteiger partial charge in [-0.15, -0.1) is 0 Å². The van der Waals surface area contributed by atoms with Crippen LogP contribution < -0.4 is 10.1 Å². The van der Waals surface area contributed by atoms with Crippen LogP contribution >= 0.6 is 0 Å². The third-order valence-electron chi connectivity index (χ3n) is 3.15. The second-order valence-electron chi connectivity index (χ2n) is 4.96. The number of benzene rings is 2. The van der Waals surface area contributed by atoms with Crippen molar-refractivity contribution in [2.45, 2.75) is 6.54 Å². The average molecular weight is 325 g/mol. The van der Waals surface area contributed by atoms with Crippen LogP contribution in [0.5, 0.6) is 11.8 Å². The lowest BCUT2D eigenvalue weighted by molar-refractivity contribution is -0.135. The molecule has 0 bridgehead atoms. The van der Waals surface area contributed by atoms with Gasteiger partial charge in [0, 0.05) is 6.54 Å². The normalized spacial score (nSPS) is 10.5. The van der Waals surface area contributed by atoms with Crippen molar-refractivity contribution >= 4 is 5.97 Å². The highest BCUT2D eigenvalue weighted by atomic mass is 16.5. The summed E-state index contributed by atoms with van der Waals surface area (Å²) in [6.45, 7) is 0.324. The number of aromatic nitrogens is 4. The standard InChI is InChI=1S/C16H15N5O3/c22-15(23)11-17-10-12-5-4-8-14(9-12)24-16-18-19-20-21(16)13-6-2-1-3-7-13/h1-9,17H,10-11H2,(H,22,23). The number of hydrogen-bond donors (Lipinski definition) is 2. The van der Waals surface area contributed by atoms with E-state index in [9.17, 15) is 4.79 Å². The number of aliphatic carboxylic acids is 1. The van der Waals surface area contributed by atoms with Crippen LogP contribution in [0, 0.1) is 0 Å². The van der Waals surface area contributed by atoms with E-state index >= 15 is 0 Å². The van der Waals surface area contributed by atoms with Crippen LogP contribution in [-0.4, -0.2) is 37.8 Å². The number of nitrogens with one attached hydrogen (secondary N) is 1. The highest BCUT2D eigenvalue weighted by Gasteiger charge is 2.10. The third-order valence-corrected chi connectivity index (χ3v) is 3.15. The molecule has 3 aromatic rings. The number of hydrogen-bond acceptors (Lipinski definition) is 6. The van der Waals surface area contributed by atoms with Crippen molar-refractivity contribution in [3.8, 4) is 17.4 Å². The van der Waals surface area contributed by atoms with Crippen LogP contribution in [0.4, 0.5) is 0 Å². The van der Waals surface area contributed by atoms with Gasteiger partial charge in [-0.3, -0.25) is 4.79 Å². The Balaban J connectivity index is 1.73. The molecule has 8 heteroatoms. The van der Waals surface area contributed by atoms with Crippen molar-refractivity contribution in [1.82, 2.24) is 25.5 Å². The topological polar surface area (TPSA) is 102 Å². The van der Waals surface area contributed by atoms with E-state index in [1.54, 1.807) is 12.1 Å². The van der Waals surface area contributed by atoms with Gasteiger partial charge in [-0.2, -0.15) is 4.68 Å². The lowest BCUT2D eigenvalue weighted by Crippen LogP contribution is -2.21. The maximum atomic E-state index is 10.5. The molecule has 0 fully saturated rings. The Kier molecular flexibility index (Phi) is 4.78. The molecule has 0 aliphatic rings. The monoisotopic (exact) mass is 325 g/mol. The molecule has 2 aromatic carbocycles. The van der Waals surface area contributed by atoms with Gasteiger partial charge in [-0.05, 0) is 40.3 Å². The molecule has 8 nitrogen and oxygen atoms in total. The van der Waals surface area contributed by atoms with Gasteiger partial charge in [-0.1, -0.05) is 35.4 Å². The van der Waals surface area contributed by atoms with Crippen molar-refractivity contribution in [2.75, 3.05) is 6.54 Å². The minimum absolute atomic E-state index is 0.0999. The van der Waals surface area contributed by atoms with E-state index in [-0.39, 0.29) is 12.6 Å². The number of ether oxygens (including phenoxy) is 1. The highest BCUT2D eigenvalue weighted by Crippen LogP contribution is 2.21. The van der Waals surface area contributed by atoms with E-state index in [1.807, 2.05) is 42.5 Å². The Morgan fingerprint density at radius 1 is 1.17 bits per heavy atom. The Hall–Kier alpha value is -3.26. The van der Waals surface area contributed by atoms with Gasteiger partial charge in [0.25, 0.3) is 0 Å². The fourth-order valence-corrected chi connectivity index (χ4v) is 2.11. The quantitative estimate of drug-likeness (QED) is 0.680. The second-order valence-corrected chi connectivity index (χ2v) is 4.96. The first-order valence-corrected chi connectivity index (χ1v) is 7.25. The lowest BCUT2D eigenvalue weighted by atomic mass is 10.2. The number of carboxylic acids is 1. The zero-order valence-electron chi connectivity index (χ0n) is 12.7. The summed E-state index contributed by atoms with van der Waals surface area (Å²) >= 11 is 0. The Morgan fingerprint density at radius 2 is 2.00 bits per heavy atom. The average Bonchev–Trinajstić information content (AvgIpc) is 3.04. The molecular formula is C16H15N5O3. The zero-order valence-corrected chi connectivity index (χ0v) is 12.7. The van der Waals surface area contributed by atoms with Crippen molar-refractivity contribution in [3.05, 3.63) is 60.2 Å². The molecule has 0 aliphatic carbocycles. The van der Waals surface area contributed by atoms with Gasteiger partial charge < -0.3 is 15.2 Å². The number of carboxylic acid groups (broad SMARTS) is 1. The van der Waals surface area contributed by atoms with Crippen LogP contribution in [0.2, 0.25) is 0 Å². The molecule has 1 aromatic heterocycles. The third kappa shape index (κ3) is 3.93. The molecular weight excluding hydrogens is 310 g/mol. The predicted molar refractivity (Wildman–Crippen MR) is 85.0 cm³/mol. The van der Waals surface area contributed by atoms with E-state index in [1.165, 1.54) is 4.68 Å². The number of para-hydroxylation sites is 1. The van der Waals surface area contributed by atoms with Crippen LogP contribution in [-0.2, 0) is 11.3 Å². The van der Waals surface area contributed by atoms with Gasteiger partial charge in [0.05, 0.1) is 12.2 Å². The zero-order chi connectivity index (χ0) is 16.8. The molecule has 3 rings (SSSR count). The molecule has 0 spiro atoms. The molecule has 0 atom stereocenters. The fourth-order valence-electron chi connectivity index (χ4n) is 2.11. The summed E-state index contributed by atoms with van der Waals surface area (Å²) in [4.78, 5) is 10.5. The minimum Gasteiger partial charge on any atom is -0.480 e. The van der Waals surface area contributed by atoms with Gasteiger partial charge in [-0.25, -0.2) is 0 Å². The number of nitrogens with zero attached hydrogens (tertiary/aromatic N) is 4. The Bertz CT molecular complexity index is 819. The fraction of sp³-hybridized carbons (Fsp3) is 0.125. The summed E-state index contributed by atoms with van der Waals surface area (Å²) < 4.78 is 7.25. The largest absolute Gasteiger partial charge is 0.480 e. The summed E-state index contributed by atoms with van der Waals surface area (Å²) in [5.41, 5.74) is 1.68. The van der Waals surface area contributed by atoms with Gasteiger partial charge >= 0.3 is 12.0 Å². The van der Waals surface area contributed by atoms with Gasteiger partial charge in [0.1, 0.15) is 5.75 Å². The Labute approximate surface area is 137 Å². The van der Waals surface area contributed by atoms with E-state index in [4.69, 9.17) is 9.84 Å². The number of carbonyl (C=O) groups is 1. The van der Waals surface area contributed by atoms with Crippen molar-refractivity contribution < 1.29 is 14.6 Å². The van der Waals surface area contributed by atoms with Crippen molar-refractivity contribution in [2.24, 2.45) is 0 Å². The SMILES string of the molecule is O=C(O)CNCc1cccc(Oc2nnnn2-c2ccccc2)c1. The molecule has 0 saturated heterocycles. The summed E-state index contributed by atoms with van der Waals surface area (Å²) in [6, 6.07) is 16.9. The summed E-state index contributed by atoms with van der Waals surface area (Å²) in [6.07, 6.45) is 0. The second kappa shape index (κ2) is 7.34. The molecule has 1 heterocycles. The Morgan fingerprint density at radius 3 is 2.79 bits per heavy atom. The molecule has 0 radical (unpaired) electrons. The maximum Gasteiger partial charge on any atom is 0.345 e. The molecule has 2 N–H and O–H groups in total. The van der Waals surface area contributed by atoms with Crippen LogP contribution in [0.1, 0.15) is 5.56 Å². The van der Waals surface area contributed by atoms with Gasteiger partial charge in [0.15, 0.2) is 0 Å². The first kappa shape index (κ1) is 15.6. The summed E-state index contributed by atoms with van der Waals surface area (Å²) in [5, 5.41) is 22.9. The van der Waals surface area contributed by atoms with Crippen molar-refractivity contribution in [3.63, 3.8) is 0 Å². The lowest BCUT2D eigenvalue weighted by Gasteiger charge is -2.08. The first-order chi connectivity index (χ1) is 11.7. The summed E-state index contributed by atoms with van der Waals surface area (Å²) in [7, 11) is 0. The molecule has 0 amide bonds. The van der Waals surface area contributed by atoms with E-state index < -0.39 is 5.97 Å². The van der Waals surface area contributed by atoms with Crippen LogP contribution in [0.25, 0.3) is 5.69 Å². The van der Waals surface area contributed by atoms with E-state index in [0.717, 1.165) is 11.3 Å². The molecule has 0 unspecified atom stereocenters. The number of tetrazole rings is 1. The maximum absolute atomic E-state index is 10.5. The van der Waals surface area contributed by atoms with Crippen LogP contribution in [0.15, 0.2) is 54.6 Å². The molecule has 0 aliphatic heterocycles. The number of rotatable bonds is 7. The summed E-state index contributed by atoms with van der Waals surface area (Å²) in [5.74, 6) is -0.332. The van der Waals surface area contributed by atoms with E-state index in [0.29, 0.717) is 12.3 Å². The van der Waals surface area contributed by atoms with Crippen LogP contribution in [0.3, 0.4) is 0 Å².